The molecule has 4 N–H and O–H groups in total. The number of rotatable bonds is 10. The van der Waals surface area contributed by atoms with E-state index in [2.05, 4.69) is 39.5 Å². The van der Waals surface area contributed by atoms with E-state index in [-0.39, 0.29) is 11.3 Å². The highest BCUT2D eigenvalue weighted by molar-refractivity contribution is 5.87. The van der Waals surface area contributed by atoms with Crippen molar-refractivity contribution in [2.45, 2.75) is 44.6 Å². The van der Waals surface area contributed by atoms with Gasteiger partial charge in [-0.15, -0.1) is 0 Å². The maximum atomic E-state index is 11.6. The average molecular weight is 450 g/mol. The van der Waals surface area contributed by atoms with Crippen LogP contribution in [0.1, 0.15) is 48.5 Å². The molecule has 2 heterocycles. The number of benzene rings is 2. The summed E-state index contributed by atoms with van der Waals surface area (Å²) in [6, 6.07) is 15.1. The van der Waals surface area contributed by atoms with E-state index in [1.165, 1.54) is 68.6 Å². The first kappa shape index (κ1) is 23.5. The van der Waals surface area contributed by atoms with Crippen LogP contribution in [-0.4, -0.2) is 52.8 Å². The number of H-pyrrole nitrogens is 1. The summed E-state index contributed by atoms with van der Waals surface area (Å²) in [4.78, 5) is 16.8. The molecule has 1 saturated heterocycles. The molecule has 0 spiro atoms. The standard InChI is InChI=1S/C27H35N3O3/c31-24-12-10-22(23-11-13-26(33)29-27(23)24)25(32)19-28-15-14-21-8-6-20(7-9-21)5-4-18-30-16-2-1-3-17-30/h6-13,25,28,31-32H,1-5,14-19H2,(H,29,33)/t25-/m0/s1. The van der Waals surface area contributed by atoms with E-state index in [0.717, 1.165) is 19.4 Å². The van der Waals surface area contributed by atoms with Crippen LogP contribution in [0.5, 0.6) is 5.75 Å². The van der Waals surface area contributed by atoms with Crippen molar-refractivity contribution in [1.29, 1.82) is 0 Å². The molecule has 6 nitrogen and oxygen atoms in total. The molecule has 2 aromatic carbocycles. The summed E-state index contributed by atoms with van der Waals surface area (Å²) < 4.78 is 0. The van der Waals surface area contributed by atoms with Gasteiger partial charge in [-0.25, -0.2) is 0 Å². The number of aryl methyl sites for hydroxylation is 1. The Kier molecular flexibility index (Phi) is 8.15. The van der Waals surface area contributed by atoms with E-state index < -0.39 is 6.10 Å². The number of aromatic amines is 1. The number of likely N-dealkylation sites (tertiary alicyclic amines) is 1. The zero-order valence-corrected chi connectivity index (χ0v) is 19.2. The summed E-state index contributed by atoms with van der Waals surface area (Å²) in [6.45, 7) is 4.90. The van der Waals surface area contributed by atoms with Crippen LogP contribution in [0.3, 0.4) is 0 Å². The van der Waals surface area contributed by atoms with Crippen molar-refractivity contribution in [3.63, 3.8) is 0 Å². The Morgan fingerprint density at radius 2 is 1.67 bits per heavy atom. The van der Waals surface area contributed by atoms with Crippen LogP contribution in [0.25, 0.3) is 10.9 Å². The van der Waals surface area contributed by atoms with Gasteiger partial charge < -0.3 is 25.4 Å². The molecule has 4 rings (SSSR count). The summed E-state index contributed by atoms with van der Waals surface area (Å²) in [5.74, 6) is 0.00144. The number of aromatic nitrogens is 1. The van der Waals surface area contributed by atoms with Gasteiger partial charge in [-0.1, -0.05) is 36.8 Å². The molecule has 6 heteroatoms. The molecule has 0 aliphatic carbocycles. The smallest absolute Gasteiger partial charge is 0.248 e. The van der Waals surface area contributed by atoms with Gasteiger partial charge in [-0.05, 0) is 87.1 Å². The number of nitrogens with zero attached hydrogens (tertiary/aromatic N) is 1. The summed E-state index contributed by atoms with van der Waals surface area (Å²) in [7, 11) is 0. The van der Waals surface area contributed by atoms with Gasteiger partial charge in [0, 0.05) is 18.0 Å². The minimum absolute atomic E-state index is 0.00144. The average Bonchev–Trinajstić information content (AvgIpc) is 2.84. The van der Waals surface area contributed by atoms with E-state index >= 15 is 0 Å². The first-order valence-corrected chi connectivity index (χ1v) is 12.1. The van der Waals surface area contributed by atoms with Crippen LogP contribution >= 0.6 is 0 Å². The number of piperidine rings is 1. The Morgan fingerprint density at radius 1 is 0.939 bits per heavy atom. The number of hydrogen-bond donors (Lipinski definition) is 4. The molecule has 0 radical (unpaired) electrons. The van der Waals surface area contributed by atoms with Gasteiger partial charge in [-0.3, -0.25) is 4.79 Å². The van der Waals surface area contributed by atoms with Gasteiger partial charge in [0.1, 0.15) is 5.75 Å². The fourth-order valence-corrected chi connectivity index (χ4v) is 4.69. The van der Waals surface area contributed by atoms with Crippen molar-refractivity contribution < 1.29 is 10.2 Å². The van der Waals surface area contributed by atoms with Gasteiger partial charge in [0.15, 0.2) is 0 Å². The number of phenolic OH excluding ortho intramolecular Hbond substituents is 1. The molecular weight excluding hydrogens is 414 g/mol. The Hall–Kier alpha value is -2.67. The molecule has 1 aliphatic heterocycles. The second-order valence-corrected chi connectivity index (χ2v) is 9.08. The molecule has 1 fully saturated rings. The van der Waals surface area contributed by atoms with Gasteiger partial charge in [0.05, 0.1) is 11.6 Å². The maximum Gasteiger partial charge on any atom is 0.248 e. The maximum absolute atomic E-state index is 11.6. The van der Waals surface area contributed by atoms with Crippen LogP contribution < -0.4 is 10.9 Å². The fraction of sp³-hybridized carbons (Fsp3) is 0.444. The number of aliphatic hydroxyl groups excluding tert-OH is 1. The molecule has 0 bridgehead atoms. The molecule has 1 atom stereocenters. The summed E-state index contributed by atoms with van der Waals surface area (Å²) in [5.41, 5.74) is 3.44. The lowest BCUT2D eigenvalue weighted by Gasteiger charge is -2.26. The number of aromatic hydroxyl groups is 1. The number of pyridine rings is 1. The first-order valence-electron chi connectivity index (χ1n) is 12.1. The lowest BCUT2D eigenvalue weighted by atomic mass is 10.0. The minimum Gasteiger partial charge on any atom is -0.506 e. The van der Waals surface area contributed by atoms with E-state index in [1.54, 1.807) is 12.1 Å². The zero-order valence-electron chi connectivity index (χ0n) is 19.2. The van der Waals surface area contributed by atoms with Gasteiger partial charge in [0.25, 0.3) is 0 Å². The van der Waals surface area contributed by atoms with Gasteiger partial charge in [-0.2, -0.15) is 0 Å². The van der Waals surface area contributed by atoms with Crippen molar-refractivity contribution in [1.82, 2.24) is 15.2 Å². The second kappa shape index (κ2) is 11.5. The second-order valence-electron chi connectivity index (χ2n) is 9.08. The summed E-state index contributed by atoms with van der Waals surface area (Å²) in [6.07, 6.45) is 6.61. The number of nitrogens with one attached hydrogen (secondary N) is 2. The van der Waals surface area contributed by atoms with Crippen molar-refractivity contribution in [3.05, 3.63) is 75.6 Å². The largest absolute Gasteiger partial charge is 0.506 e. The van der Waals surface area contributed by atoms with E-state index in [9.17, 15) is 15.0 Å². The quantitative estimate of drug-likeness (QED) is 0.356. The summed E-state index contributed by atoms with van der Waals surface area (Å²) in [5, 5.41) is 24.6. The SMILES string of the molecule is O=c1ccc2c([C@@H](O)CNCCc3ccc(CCCN4CCCCC4)cc3)ccc(O)c2[nH]1. The van der Waals surface area contributed by atoms with Crippen molar-refractivity contribution in [2.24, 2.45) is 0 Å². The number of aliphatic hydroxyl groups is 1. The number of fused-ring (bicyclic) bond motifs is 1. The number of phenols is 1. The Labute approximate surface area is 195 Å². The molecule has 1 aliphatic rings. The molecule has 1 aromatic heterocycles. The van der Waals surface area contributed by atoms with Crippen LogP contribution in [0.4, 0.5) is 0 Å². The Balaban J connectivity index is 1.21. The Bertz CT molecular complexity index is 1090. The van der Waals surface area contributed by atoms with E-state index in [1.807, 2.05) is 0 Å². The molecule has 33 heavy (non-hydrogen) atoms. The summed E-state index contributed by atoms with van der Waals surface area (Å²) >= 11 is 0. The third-order valence-electron chi connectivity index (χ3n) is 6.61. The first-order chi connectivity index (χ1) is 16.1. The fourth-order valence-electron chi connectivity index (χ4n) is 4.69. The molecule has 3 aromatic rings. The van der Waals surface area contributed by atoms with Gasteiger partial charge >= 0.3 is 0 Å². The topological polar surface area (TPSA) is 88.6 Å². The third-order valence-corrected chi connectivity index (χ3v) is 6.61. The van der Waals surface area contributed by atoms with Crippen LogP contribution in [0.2, 0.25) is 0 Å². The van der Waals surface area contributed by atoms with Crippen molar-refractivity contribution >= 4 is 10.9 Å². The monoisotopic (exact) mass is 449 g/mol. The van der Waals surface area contributed by atoms with E-state index in [0.29, 0.717) is 23.0 Å². The van der Waals surface area contributed by atoms with Crippen molar-refractivity contribution in [3.8, 4) is 5.75 Å². The van der Waals surface area contributed by atoms with Gasteiger partial charge in [0.2, 0.25) is 5.56 Å². The lowest BCUT2D eigenvalue weighted by molar-refractivity contribution is 0.176. The molecule has 0 unspecified atom stereocenters. The number of hydrogen-bond acceptors (Lipinski definition) is 5. The highest BCUT2D eigenvalue weighted by atomic mass is 16.3. The molecular formula is C27H35N3O3. The molecule has 176 valence electrons. The minimum atomic E-state index is -0.735. The third kappa shape index (κ3) is 6.44. The predicted octanol–water partition coefficient (Wildman–Crippen LogP) is 3.52. The lowest BCUT2D eigenvalue weighted by Crippen LogP contribution is -2.30. The Morgan fingerprint density at radius 3 is 2.42 bits per heavy atom. The van der Waals surface area contributed by atoms with Crippen LogP contribution in [0.15, 0.2) is 53.3 Å². The van der Waals surface area contributed by atoms with Crippen LogP contribution in [-0.2, 0) is 12.8 Å². The molecule has 0 amide bonds. The molecule has 0 saturated carbocycles. The highest BCUT2D eigenvalue weighted by Gasteiger charge is 2.14. The van der Waals surface area contributed by atoms with Crippen molar-refractivity contribution in [2.75, 3.05) is 32.7 Å². The highest BCUT2D eigenvalue weighted by Crippen LogP contribution is 2.28. The predicted molar refractivity (Wildman–Crippen MR) is 133 cm³/mol. The van der Waals surface area contributed by atoms with Crippen LogP contribution in [0, 0.1) is 0 Å². The zero-order chi connectivity index (χ0) is 23.0. The van der Waals surface area contributed by atoms with E-state index in [4.69, 9.17) is 0 Å². The normalized spacial score (nSPS) is 15.7.